The SMILES string of the molecule is O=C(C1=C(c2ccc(OCCOc3cc(Cl)ccc3Cl)cc2)CCNC1)N(Cc1ccccc1Cl)C1CC1. The molecule has 0 spiro atoms. The van der Waals surface area contributed by atoms with Crippen molar-refractivity contribution in [3.05, 3.63) is 98.5 Å². The summed E-state index contributed by atoms with van der Waals surface area (Å²) in [5, 5.41) is 5.15. The van der Waals surface area contributed by atoms with Crippen molar-refractivity contribution in [2.75, 3.05) is 26.3 Å². The Morgan fingerprint density at radius 2 is 1.68 bits per heavy atom. The van der Waals surface area contributed by atoms with Crippen molar-refractivity contribution >= 4 is 46.3 Å². The molecule has 1 aliphatic heterocycles. The first-order chi connectivity index (χ1) is 18.5. The summed E-state index contributed by atoms with van der Waals surface area (Å²) in [6.07, 6.45) is 2.86. The van der Waals surface area contributed by atoms with Gasteiger partial charge in [0.2, 0.25) is 0 Å². The standard InChI is InChI=1S/C30H29Cl3N2O3/c31-22-7-12-28(33)29(17-22)38-16-15-37-24-10-5-20(6-11-24)25-13-14-34-18-26(25)30(36)35(23-8-9-23)19-21-3-1-2-4-27(21)32/h1-7,10-12,17,23,34H,8-9,13-16,18-19H2. The molecule has 0 unspecified atom stereocenters. The number of hydrogen-bond acceptors (Lipinski definition) is 4. The van der Waals surface area contributed by atoms with Crippen molar-refractivity contribution < 1.29 is 14.3 Å². The number of nitrogens with one attached hydrogen (secondary N) is 1. The van der Waals surface area contributed by atoms with E-state index in [-0.39, 0.29) is 11.9 Å². The highest BCUT2D eigenvalue weighted by Crippen LogP contribution is 2.34. The molecule has 8 heteroatoms. The molecule has 1 saturated carbocycles. The molecule has 2 aliphatic rings. The van der Waals surface area contributed by atoms with Crippen LogP contribution in [0, 0.1) is 0 Å². The van der Waals surface area contributed by atoms with Crippen LogP contribution in [0.25, 0.3) is 5.57 Å². The van der Waals surface area contributed by atoms with Crippen LogP contribution in [0.15, 0.2) is 72.3 Å². The second-order valence-electron chi connectivity index (χ2n) is 9.44. The van der Waals surface area contributed by atoms with E-state index in [0.717, 1.165) is 53.8 Å². The number of halogens is 3. The van der Waals surface area contributed by atoms with Crippen molar-refractivity contribution in [2.24, 2.45) is 0 Å². The van der Waals surface area contributed by atoms with Gasteiger partial charge in [0.15, 0.2) is 0 Å². The second-order valence-corrected chi connectivity index (χ2v) is 10.7. The lowest BCUT2D eigenvalue weighted by Gasteiger charge is -2.28. The Labute approximate surface area is 238 Å². The third kappa shape index (κ3) is 6.65. The van der Waals surface area contributed by atoms with Gasteiger partial charge in [-0.3, -0.25) is 4.79 Å². The van der Waals surface area contributed by atoms with Crippen LogP contribution >= 0.6 is 34.8 Å². The van der Waals surface area contributed by atoms with Crippen LogP contribution in [0.5, 0.6) is 11.5 Å². The van der Waals surface area contributed by atoms with Gasteiger partial charge in [0.25, 0.3) is 5.91 Å². The molecule has 0 bridgehead atoms. The summed E-state index contributed by atoms with van der Waals surface area (Å²) in [5.41, 5.74) is 3.93. The first-order valence-corrected chi connectivity index (χ1v) is 13.9. The summed E-state index contributed by atoms with van der Waals surface area (Å²) in [6, 6.07) is 21.0. The van der Waals surface area contributed by atoms with Gasteiger partial charge in [-0.25, -0.2) is 0 Å². The van der Waals surface area contributed by atoms with Crippen LogP contribution in [-0.2, 0) is 11.3 Å². The molecular weight excluding hydrogens is 543 g/mol. The maximum atomic E-state index is 13.8. The van der Waals surface area contributed by atoms with Gasteiger partial charge >= 0.3 is 0 Å². The maximum Gasteiger partial charge on any atom is 0.251 e. The Morgan fingerprint density at radius 3 is 2.45 bits per heavy atom. The van der Waals surface area contributed by atoms with Crippen molar-refractivity contribution in [2.45, 2.75) is 31.8 Å². The zero-order chi connectivity index (χ0) is 26.5. The highest BCUT2D eigenvalue weighted by atomic mass is 35.5. The molecule has 1 N–H and O–H groups in total. The number of rotatable bonds is 10. The molecule has 1 aliphatic carbocycles. The van der Waals surface area contributed by atoms with Crippen molar-refractivity contribution in [3.8, 4) is 11.5 Å². The fourth-order valence-electron chi connectivity index (χ4n) is 4.60. The van der Waals surface area contributed by atoms with E-state index in [9.17, 15) is 4.79 Å². The molecule has 0 aromatic heterocycles. The number of nitrogens with zero attached hydrogens (tertiary/aromatic N) is 1. The molecule has 198 valence electrons. The van der Waals surface area contributed by atoms with Crippen molar-refractivity contribution in [1.29, 1.82) is 0 Å². The number of ether oxygens (including phenoxy) is 2. The van der Waals surface area contributed by atoms with Crippen molar-refractivity contribution in [3.63, 3.8) is 0 Å². The Morgan fingerprint density at radius 1 is 0.921 bits per heavy atom. The van der Waals surface area contributed by atoms with Crippen LogP contribution in [0.1, 0.15) is 30.4 Å². The topological polar surface area (TPSA) is 50.8 Å². The summed E-state index contributed by atoms with van der Waals surface area (Å²) in [5.74, 6) is 1.35. The molecule has 0 saturated heterocycles. The molecule has 38 heavy (non-hydrogen) atoms. The quantitative estimate of drug-likeness (QED) is 0.265. The van der Waals surface area contributed by atoms with Crippen LogP contribution in [0.2, 0.25) is 15.1 Å². The Hall–Kier alpha value is -2.70. The maximum absolute atomic E-state index is 13.8. The molecule has 3 aromatic carbocycles. The third-order valence-electron chi connectivity index (χ3n) is 6.73. The van der Waals surface area contributed by atoms with E-state index < -0.39 is 0 Å². The number of carbonyl (C=O) groups excluding carboxylic acids is 1. The molecule has 0 radical (unpaired) electrons. The van der Waals surface area contributed by atoms with Crippen LogP contribution in [-0.4, -0.2) is 43.2 Å². The van der Waals surface area contributed by atoms with Gasteiger partial charge in [-0.1, -0.05) is 65.1 Å². The fraction of sp³-hybridized carbons (Fsp3) is 0.300. The zero-order valence-electron chi connectivity index (χ0n) is 20.9. The second kappa shape index (κ2) is 12.4. The highest BCUT2D eigenvalue weighted by Gasteiger charge is 2.35. The summed E-state index contributed by atoms with van der Waals surface area (Å²) in [4.78, 5) is 15.8. The van der Waals surface area contributed by atoms with E-state index in [1.54, 1.807) is 18.2 Å². The van der Waals surface area contributed by atoms with Gasteiger partial charge in [0.05, 0.1) is 5.02 Å². The average molecular weight is 572 g/mol. The fourth-order valence-corrected chi connectivity index (χ4v) is 5.13. The first kappa shape index (κ1) is 26.9. The van der Waals surface area contributed by atoms with Gasteiger partial charge in [0.1, 0.15) is 24.7 Å². The number of hydrogen-bond donors (Lipinski definition) is 1. The lowest BCUT2D eigenvalue weighted by atomic mass is 9.93. The van der Waals surface area contributed by atoms with Gasteiger partial charge in [-0.05, 0) is 72.8 Å². The largest absolute Gasteiger partial charge is 0.490 e. The summed E-state index contributed by atoms with van der Waals surface area (Å²) >= 11 is 18.6. The monoisotopic (exact) mass is 570 g/mol. The molecule has 3 aromatic rings. The molecule has 1 amide bonds. The molecule has 1 fully saturated rings. The number of benzene rings is 3. The number of carbonyl (C=O) groups is 1. The first-order valence-electron chi connectivity index (χ1n) is 12.8. The van der Waals surface area contributed by atoms with Gasteiger partial charge in [-0.2, -0.15) is 0 Å². The van der Waals surface area contributed by atoms with E-state index in [1.807, 2.05) is 53.4 Å². The van der Waals surface area contributed by atoms with Gasteiger partial charge < -0.3 is 19.7 Å². The van der Waals surface area contributed by atoms with Crippen LogP contribution in [0.4, 0.5) is 0 Å². The van der Waals surface area contributed by atoms with Gasteiger partial charge in [0, 0.05) is 40.8 Å². The van der Waals surface area contributed by atoms with E-state index in [0.29, 0.717) is 47.1 Å². The smallest absolute Gasteiger partial charge is 0.251 e. The van der Waals surface area contributed by atoms with E-state index in [4.69, 9.17) is 44.3 Å². The number of amides is 1. The lowest BCUT2D eigenvalue weighted by molar-refractivity contribution is -0.128. The van der Waals surface area contributed by atoms with Crippen LogP contribution < -0.4 is 14.8 Å². The summed E-state index contributed by atoms with van der Waals surface area (Å²) in [6.45, 7) is 2.61. The van der Waals surface area contributed by atoms with Crippen molar-refractivity contribution in [1.82, 2.24) is 10.2 Å². The minimum absolute atomic E-state index is 0.0896. The Bertz CT molecular complexity index is 1320. The zero-order valence-corrected chi connectivity index (χ0v) is 23.2. The summed E-state index contributed by atoms with van der Waals surface area (Å²) in [7, 11) is 0. The molecule has 0 atom stereocenters. The Kier molecular flexibility index (Phi) is 8.80. The molecule has 1 heterocycles. The summed E-state index contributed by atoms with van der Waals surface area (Å²) < 4.78 is 11.5. The minimum Gasteiger partial charge on any atom is -0.490 e. The third-order valence-corrected chi connectivity index (χ3v) is 7.64. The Balaban J connectivity index is 1.25. The minimum atomic E-state index is 0.0896. The predicted octanol–water partition coefficient (Wildman–Crippen LogP) is 7.04. The molecule has 5 nitrogen and oxygen atoms in total. The molecular formula is C30H29Cl3N2O3. The normalized spacial score (nSPS) is 15.3. The predicted molar refractivity (Wildman–Crippen MR) is 153 cm³/mol. The van der Waals surface area contributed by atoms with E-state index in [1.165, 1.54) is 0 Å². The van der Waals surface area contributed by atoms with E-state index in [2.05, 4.69) is 5.32 Å². The van der Waals surface area contributed by atoms with Crippen LogP contribution in [0.3, 0.4) is 0 Å². The lowest BCUT2D eigenvalue weighted by Crippen LogP contribution is -2.39. The highest BCUT2D eigenvalue weighted by molar-refractivity contribution is 6.34. The molecule has 5 rings (SSSR count). The average Bonchev–Trinajstić information content (AvgIpc) is 3.78. The van der Waals surface area contributed by atoms with E-state index >= 15 is 0 Å². The van der Waals surface area contributed by atoms with Gasteiger partial charge in [-0.15, -0.1) is 0 Å².